The second kappa shape index (κ2) is 6.74. The molecule has 1 aliphatic heterocycles. The van der Waals surface area contributed by atoms with E-state index in [1.165, 1.54) is 10.4 Å². The molecule has 1 aromatic rings. The Balaban J connectivity index is 0.00000180. The molecule has 0 spiro atoms. The van der Waals surface area contributed by atoms with Crippen LogP contribution in [0.3, 0.4) is 0 Å². The zero-order chi connectivity index (χ0) is 13.3. The smallest absolute Gasteiger partial charge is 0.243 e. The highest BCUT2D eigenvalue weighted by Crippen LogP contribution is 2.27. The average Bonchev–Trinajstić information content (AvgIpc) is 2.32. The van der Waals surface area contributed by atoms with E-state index in [1.54, 1.807) is 12.1 Å². The highest BCUT2D eigenvalue weighted by molar-refractivity contribution is 9.10. The van der Waals surface area contributed by atoms with Crippen molar-refractivity contribution in [1.82, 2.24) is 9.62 Å². The Kier molecular flexibility index (Phi) is 6.10. The van der Waals surface area contributed by atoms with Crippen LogP contribution in [0.5, 0.6) is 0 Å². The normalized spacial score (nSPS) is 20.9. The molecule has 1 unspecified atom stereocenters. The van der Waals surface area contributed by atoms with Gasteiger partial charge in [0.05, 0.1) is 9.92 Å². The van der Waals surface area contributed by atoms with Gasteiger partial charge in [-0.05, 0) is 41.1 Å². The van der Waals surface area contributed by atoms with Gasteiger partial charge < -0.3 is 5.32 Å². The Labute approximate surface area is 133 Å². The zero-order valence-corrected chi connectivity index (χ0v) is 14.2. The molecule has 0 aliphatic carbocycles. The van der Waals surface area contributed by atoms with Crippen molar-refractivity contribution in [3.63, 3.8) is 0 Å². The fourth-order valence-electron chi connectivity index (χ4n) is 1.90. The van der Waals surface area contributed by atoms with Crippen molar-refractivity contribution >= 4 is 50.0 Å². The first-order valence-corrected chi connectivity index (χ1v) is 8.21. The summed E-state index contributed by atoms with van der Waals surface area (Å²) in [4.78, 5) is 0.241. The van der Waals surface area contributed by atoms with Gasteiger partial charge in [-0.15, -0.1) is 12.4 Å². The molecule has 1 fully saturated rings. The molecule has 1 aliphatic rings. The van der Waals surface area contributed by atoms with Crippen molar-refractivity contribution in [3.05, 3.63) is 27.7 Å². The Hall–Kier alpha value is 0.150. The van der Waals surface area contributed by atoms with E-state index in [9.17, 15) is 8.42 Å². The lowest BCUT2D eigenvalue weighted by Gasteiger charge is -2.31. The number of nitrogens with zero attached hydrogens (tertiary/aromatic N) is 1. The lowest BCUT2D eigenvalue weighted by molar-refractivity contribution is 0.310. The van der Waals surface area contributed by atoms with Crippen LogP contribution >= 0.6 is 39.9 Å². The molecular formula is C11H15BrCl2N2O2S. The van der Waals surface area contributed by atoms with E-state index in [0.29, 0.717) is 29.1 Å². The van der Waals surface area contributed by atoms with Gasteiger partial charge >= 0.3 is 0 Å². The fraction of sp³-hybridized carbons (Fsp3) is 0.455. The van der Waals surface area contributed by atoms with Gasteiger partial charge in [-0.25, -0.2) is 8.42 Å². The highest BCUT2D eigenvalue weighted by Gasteiger charge is 2.28. The molecule has 108 valence electrons. The molecule has 19 heavy (non-hydrogen) atoms. The quantitative estimate of drug-likeness (QED) is 0.845. The minimum absolute atomic E-state index is 0. The number of hydrogen-bond donors (Lipinski definition) is 1. The van der Waals surface area contributed by atoms with Gasteiger partial charge in [-0.1, -0.05) is 11.6 Å². The summed E-state index contributed by atoms with van der Waals surface area (Å²) in [6.45, 7) is 3.61. The molecule has 0 amide bonds. The summed E-state index contributed by atoms with van der Waals surface area (Å²) in [6.07, 6.45) is 0. The molecule has 0 saturated carbocycles. The first-order chi connectivity index (χ1) is 8.41. The van der Waals surface area contributed by atoms with Crippen molar-refractivity contribution in [2.24, 2.45) is 0 Å². The van der Waals surface area contributed by atoms with Crippen molar-refractivity contribution < 1.29 is 8.42 Å². The highest BCUT2D eigenvalue weighted by atomic mass is 79.9. The second-order valence-electron chi connectivity index (χ2n) is 4.29. The van der Waals surface area contributed by atoms with Crippen LogP contribution in [0.1, 0.15) is 6.92 Å². The monoisotopic (exact) mass is 388 g/mol. The van der Waals surface area contributed by atoms with Crippen LogP contribution in [0.2, 0.25) is 5.02 Å². The molecule has 0 bridgehead atoms. The molecule has 8 heteroatoms. The summed E-state index contributed by atoms with van der Waals surface area (Å²) in [6, 6.07) is 4.87. The molecular weight excluding hydrogens is 375 g/mol. The van der Waals surface area contributed by atoms with E-state index in [2.05, 4.69) is 21.2 Å². The molecule has 1 heterocycles. The molecule has 1 saturated heterocycles. The molecule has 1 atom stereocenters. The Morgan fingerprint density at radius 1 is 1.47 bits per heavy atom. The van der Waals surface area contributed by atoms with E-state index >= 15 is 0 Å². The maximum absolute atomic E-state index is 12.4. The van der Waals surface area contributed by atoms with Crippen molar-refractivity contribution in [3.8, 4) is 0 Å². The molecule has 0 aromatic heterocycles. The predicted molar refractivity (Wildman–Crippen MR) is 82.6 cm³/mol. The number of halogens is 3. The zero-order valence-electron chi connectivity index (χ0n) is 10.3. The first-order valence-electron chi connectivity index (χ1n) is 5.60. The van der Waals surface area contributed by atoms with Gasteiger partial charge in [0, 0.05) is 30.1 Å². The Morgan fingerprint density at radius 2 is 2.16 bits per heavy atom. The summed E-state index contributed by atoms with van der Waals surface area (Å²) in [5, 5.41) is 3.62. The maximum atomic E-state index is 12.4. The van der Waals surface area contributed by atoms with Crippen LogP contribution in [-0.2, 0) is 10.0 Å². The van der Waals surface area contributed by atoms with Crippen LogP contribution in [0, 0.1) is 0 Å². The molecule has 1 N–H and O–H groups in total. The van der Waals surface area contributed by atoms with Gasteiger partial charge in [0.15, 0.2) is 0 Å². The van der Waals surface area contributed by atoms with E-state index in [1.807, 2.05) is 6.92 Å². The van der Waals surface area contributed by atoms with Crippen LogP contribution < -0.4 is 5.32 Å². The Morgan fingerprint density at radius 3 is 2.74 bits per heavy atom. The molecule has 1 aromatic carbocycles. The third-order valence-electron chi connectivity index (χ3n) is 2.86. The van der Waals surface area contributed by atoms with Gasteiger partial charge in [-0.3, -0.25) is 0 Å². The SMILES string of the molecule is CC1CN(S(=O)(=O)c2ccc(Br)c(Cl)c2)CCN1.Cl. The largest absolute Gasteiger partial charge is 0.312 e. The minimum atomic E-state index is -3.45. The fourth-order valence-corrected chi connectivity index (χ4v) is 3.95. The average molecular weight is 390 g/mol. The first kappa shape index (κ1) is 17.2. The van der Waals surface area contributed by atoms with Gasteiger partial charge in [0.25, 0.3) is 0 Å². The van der Waals surface area contributed by atoms with E-state index in [-0.39, 0.29) is 23.3 Å². The number of hydrogen-bond acceptors (Lipinski definition) is 3. The van der Waals surface area contributed by atoms with E-state index in [4.69, 9.17) is 11.6 Å². The summed E-state index contributed by atoms with van der Waals surface area (Å²) in [7, 11) is -3.45. The maximum Gasteiger partial charge on any atom is 0.243 e. The van der Waals surface area contributed by atoms with Gasteiger partial charge in [0.1, 0.15) is 0 Å². The second-order valence-corrected chi connectivity index (χ2v) is 7.49. The number of rotatable bonds is 2. The van der Waals surface area contributed by atoms with Gasteiger partial charge in [-0.2, -0.15) is 4.31 Å². The molecule has 0 radical (unpaired) electrons. The van der Waals surface area contributed by atoms with Crippen molar-refractivity contribution in [1.29, 1.82) is 0 Å². The summed E-state index contributed by atoms with van der Waals surface area (Å²) in [5.74, 6) is 0. The lowest BCUT2D eigenvalue weighted by Crippen LogP contribution is -2.51. The number of benzene rings is 1. The minimum Gasteiger partial charge on any atom is -0.312 e. The number of piperazine rings is 1. The molecule has 2 rings (SSSR count). The van der Waals surface area contributed by atoms with E-state index < -0.39 is 10.0 Å². The third-order valence-corrected chi connectivity index (χ3v) is 5.95. The van der Waals surface area contributed by atoms with E-state index in [0.717, 1.165) is 0 Å². The summed E-state index contributed by atoms with van der Waals surface area (Å²) < 4.78 is 27.0. The van der Waals surface area contributed by atoms with Crippen molar-refractivity contribution in [2.75, 3.05) is 19.6 Å². The van der Waals surface area contributed by atoms with Crippen LogP contribution in [0.25, 0.3) is 0 Å². The van der Waals surface area contributed by atoms with Crippen molar-refractivity contribution in [2.45, 2.75) is 17.9 Å². The summed E-state index contributed by atoms with van der Waals surface area (Å²) in [5.41, 5.74) is 0. The number of sulfonamides is 1. The standard InChI is InChI=1S/C11H14BrClN2O2S.ClH/c1-8-7-15(5-4-14-8)18(16,17)9-2-3-10(12)11(13)6-9;/h2-3,6,8,14H,4-5,7H2,1H3;1H. The lowest BCUT2D eigenvalue weighted by atomic mass is 10.3. The third kappa shape index (κ3) is 3.83. The molecule has 4 nitrogen and oxygen atoms in total. The number of nitrogens with one attached hydrogen (secondary N) is 1. The summed E-state index contributed by atoms with van der Waals surface area (Å²) >= 11 is 9.20. The van der Waals surface area contributed by atoms with Crippen LogP contribution in [-0.4, -0.2) is 38.4 Å². The van der Waals surface area contributed by atoms with Crippen LogP contribution in [0.4, 0.5) is 0 Å². The van der Waals surface area contributed by atoms with Gasteiger partial charge in [0.2, 0.25) is 10.0 Å². The predicted octanol–water partition coefficient (Wildman–Crippen LogP) is 2.51. The Bertz CT molecular complexity index is 554. The van der Waals surface area contributed by atoms with Crippen LogP contribution in [0.15, 0.2) is 27.6 Å². The topological polar surface area (TPSA) is 49.4 Å².